The molecule has 1 heterocycles. The summed E-state index contributed by atoms with van der Waals surface area (Å²) in [6.07, 6.45) is 0. The largest absolute Gasteiger partial charge is 0.355 e. The fourth-order valence-corrected chi connectivity index (χ4v) is 2.29. The third kappa shape index (κ3) is 2.71. The molecule has 0 aliphatic carbocycles. The summed E-state index contributed by atoms with van der Waals surface area (Å²) in [6, 6.07) is 6.50. The molecule has 2 nitrogen and oxygen atoms in total. The normalized spacial score (nSPS) is 12.4. The Morgan fingerprint density at radius 3 is 2.94 bits per heavy atom. The van der Waals surface area contributed by atoms with E-state index >= 15 is 0 Å². The van der Waals surface area contributed by atoms with Crippen LogP contribution in [-0.4, -0.2) is 4.98 Å². The topological polar surface area (TPSA) is 24.9 Å². The summed E-state index contributed by atoms with van der Waals surface area (Å²) in [4.78, 5) is 4.08. The minimum absolute atomic E-state index is 0.00193. The summed E-state index contributed by atoms with van der Waals surface area (Å²) in [7, 11) is 0. The summed E-state index contributed by atoms with van der Waals surface area (Å²) < 4.78 is 13.0. The lowest BCUT2D eigenvalue weighted by atomic mass is 10.1. The summed E-state index contributed by atoms with van der Waals surface area (Å²) in [5.41, 5.74) is 0.881. The maximum absolute atomic E-state index is 13.0. The Labute approximate surface area is 102 Å². The summed E-state index contributed by atoms with van der Waals surface area (Å²) in [5.74, 6) is -0.233. The van der Waals surface area contributed by atoms with Gasteiger partial charge in [0.05, 0.1) is 6.04 Å². The van der Waals surface area contributed by atoms with Crippen LogP contribution >= 0.6 is 22.9 Å². The first kappa shape index (κ1) is 11.4. The lowest BCUT2D eigenvalue weighted by Gasteiger charge is -2.12. The van der Waals surface area contributed by atoms with Crippen molar-refractivity contribution < 1.29 is 4.39 Å². The molecule has 5 heteroatoms. The summed E-state index contributed by atoms with van der Waals surface area (Å²) in [6.45, 7) is 1.95. The fraction of sp³-hybridized carbons (Fsp3) is 0.182. The van der Waals surface area contributed by atoms with Crippen molar-refractivity contribution in [3.8, 4) is 0 Å². The van der Waals surface area contributed by atoms with Crippen LogP contribution in [0.5, 0.6) is 0 Å². The Balaban J connectivity index is 2.11. The van der Waals surface area contributed by atoms with Crippen LogP contribution in [0.4, 0.5) is 9.52 Å². The first-order chi connectivity index (χ1) is 7.65. The zero-order valence-electron chi connectivity index (χ0n) is 8.58. The van der Waals surface area contributed by atoms with Gasteiger partial charge in [-0.1, -0.05) is 23.7 Å². The van der Waals surface area contributed by atoms with E-state index in [4.69, 9.17) is 11.6 Å². The van der Waals surface area contributed by atoms with Crippen molar-refractivity contribution in [2.45, 2.75) is 13.0 Å². The molecule has 0 aliphatic heterocycles. The molecule has 1 aromatic heterocycles. The maximum Gasteiger partial charge on any atom is 0.184 e. The quantitative estimate of drug-likeness (QED) is 0.894. The van der Waals surface area contributed by atoms with Gasteiger partial charge in [-0.05, 0) is 24.6 Å². The molecule has 2 aromatic rings. The molecule has 0 amide bonds. The summed E-state index contributed by atoms with van der Waals surface area (Å²) in [5, 5.41) is 6.12. The van der Waals surface area contributed by atoms with Crippen molar-refractivity contribution in [2.75, 3.05) is 5.32 Å². The lowest BCUT2D eigenvalue weighted by Crippen LogP contribution is -2.06. The molecule has 84 valence electrons. The van der Waals surface area contributed by atoms with Crippen LogP contribution in [-0.2, 0) is 0 Å². The van der Waals surface area contributed by atoms with Gasteiger partial charge in [0, 0.05) is 5.38 Å². The number of nitrogens with one attached hydrogen (secondary N) is 1. The third-order valence-corrected chi connectivity index (χ3v) is 3.26. The predicted molar refractivity (Wildman–Crippen MR) is 65.6 cm³/mol. The van der Waals surface area contributed by atoms with E-state index in [0.717, 1.165) is 10.7 Å². The van der Waals surface area contributed by atoms with E-state index in [1.807, 2.05) is 13.0 Å². The van der Waals surface area contributed by atoms with E-state index in [-0.39, 0.29) is 11.9 Å². The molecule has 0 saturated carbocycles. The molecular formula is C11H10ClFN2S. The Kier molecular flexibility index (Phi) is 3.41. The molecule has 0 spiro atoms. The third-order valence-electron chi connectivity index (χ3n) is 2.16. The molecule has 1 atom stereocenters. The van der Waals surface area contributed by atoms with Crippen LogP contribution in [0.25, 0.3) is 0 Å². The van der Waals surface area contributed by atoms with Gasteiger partial charge >= 0.3 is 0 Å². The predicted octanol–water partition coefficient (Wildman–Crippen LogP) is 4.11. The SMILES string of the molecule is CC(Nc1nc(Cl)cs1)c1cccc(F)c1. The molecule has 2 rings (SSSR count). The number of hydrogen-bond donors (Lipinski definition) is 1. The standard InChI is InChI=1S/C11H10ClFN2S/c1-7(8-3-2-4-9(13)5-8)14-11-15-10(12)6-16-11/h2-7H,1H3,(H,14,15). The Hall–Kier alpha value is -1.13. The van der Waals surface area contributed by atoms with Crippen LogP contribution in [0, 0.1) is 5.82 Å². The van der Waals surface area contributed by atoms with E-state index in [1.54, 1.807) is 11.4 Å². The maximum atomic E-state index is 13.0. The highest BCUT2D eigenvalue weighted by molar-refractivity contribution is 7.14. The highest BCUT2D eigenvalue weighted by Crippen LogP contribution is 2.24. The Morgan fingerprint density at radius 2 is 2.31 bits per heavy atom. The van der Waals surface area contributed by atoms with Gasteiger partial charge in [-0.2, -0.15) is 0 Å². The number of aromatic nitrogens is 1. The molecule has 16 heavy (non-hydrogen) atoms. The van der Waals surface area contributed by atoms with Gasteiger partial charge in [0.2, 0.25) is 0 Å². The smallest absolute Gasteiger partial charge is 0.184 e. The van der Waals surface area contributed by atoms with Gasteiger partial charge in [0.1, 0.15) is 11.0 Å². The van der Waals surface area contributed by atoms with Gasteiger partial charge in [-0.25, -0.2) is 9.37 Å². The minimum Gasteiger partial charge on any atom is -0.355 e. The molecular weight excluding hydrogens is 247 g/mol. The van der Waals surface area contributed by atoms with Gasteiger partial charge in [0.15, 0.2) is 5.13 Å². The van der Waals surface area contributed by atoms with E-state index in [1.165, 1.54) is 23.5 Å². The number of nitrogens with zero attached hydrogens (tertiary/aromatic N) is 1. The van der Waals surface area contributed by atoms with Crippen molar-refractivity contribution in [1.82, 2.24) is 4.98 Å². The molecule has 0 bridgehead atoms. The Morgan fingerprint density at radius 1 is 1.50 bits per heavy atom. The van der Waals surface area contributed by atoms with Crippen molar-refractivity contribution in [2.24, 2.45) is 0 Å². The summed E-state index contributed by atoms with van der Waals surface area (Å²) >= 11 is 7.14. The van der Waals surface area contributed by atoms with E-state index < -0.39 is 0 Å². The first-order valence-electron chi connectivity index (χ1n) is 4.78. The second-order valence-electron chi connectivity index (χ2n) is 3.40. The van der Waals surface area contributed by atoms with Crippen LogP contribution in [0.3, 0.4) is 0 Å². The van der Waals surface area contributed by atoms with Gasteiger partial charge in [0.25, 0.3) is 0 Å². The Bertz CT molecular complexity index is 486. The number of benzene rings is 1. The number of rotatable bonds is 3. The van der Waals surface area contributed by atoms with Gasteiger partial charge < -0.3 is 5.32 Å². The average Bonchev–Trinajstić information content (AvgIpc) is 2.64. The van der Waals surface area contributed by atoms with Gasteiger partial charge in [-0.3, -0.25) is 0 Å². The minimum atomic E-state index is -0.233. The van der Waals surface area contributed by atoms with Crippen molar-refractivity contribution >= 4 is 28.1 Å². The van der Waals surface area contributed by atoms with Crippen LogP contribution in [0.15, 0.2) is 29.6 Å². The number of thiazole rings is 1. The fourth-order valence-electron chi connectivity index (χ4n) is 1.36. The molecule has 1 N–H and O–H groups in total. The van der Waals surface area contributed by atoms with E-state index in [9.17, 15) is 4.39 Å². The second kappa shape index (κ2) is 4.80. The van der Waals surface area contributed by atoms with Crippen molar-refractivity contribution in [3.05, 3.63) is 46.2 Å². The molecule has 1 aromatic carbocycles. The molecule has 0 radical (unpaired) electrons. The molecule has 1 unspecified atom stereocenters. The van der Waals surface area contributed by atoms with Crippen LogP contribution < -0.4 is 5.32 Å². The highest BCUT2D eigenvalue weighted by atomic mass is 35.5. The first-order valence-corrected chi connectivity index (χ1v) is 6.04. The zero-order valence-corrected chi connectivity index (χ0v) is 10.1. The number of hydrogen-bond acceptors (Lipinski definition) is 3. The van der Waals surface area contributed by atoms with Crippen molar-refractivity contribution in [3.63, 3.8) is 0 Å². The number of halogens is 2. The lowest BCUT2D eigenvalue weighted by molar-refractivity contribution is 0.623. The number of anilines is 1. The van der Waals surface area contributed by atoms with Crippen molar-refractivity contribution in [1.29, 1.82) is 0 Å². The van der Waals surface area contributed by atoms with Crippen LogP contribution in [0.2, 0.25) is 5.15 Å². The molecule has 0 saturated heterocycles. The van der Waals surface area contributed by atoms with E-state index in [0.29, 0.717) is 5.15 Å². The second-order valence-corrected chi connectivity index (χ2v) is 4.64. The zero-order chi connectivity index (χ0) is 11.5. The van der Waals surface area contributed by atoms with E-state index in [2.05, 4.69) is 10.3 Å². The highest BCUT2D eigenvalue weighted by Gasteiger charge is 2.08. The molecule has 0 aliphatic rings. The van der Waals surface area contributed by atoms with Gasteiger partial charge in [-0.15, -0.1) is 11.3 Å². The molecule has 0 fully saturated rings. The van der Waals surface area contributed by atoms with Crippen LogP contribution in [0.1, 0.15) is 18.5 Å². The average molecular weight is 257 g/mol. The monoisotopic (exact) mass is 256 g/mol.